The van der Waals surface area contributed by atoms with Crippen LogP contribution >= 0.6 is 0 Å². The maximum Gasteiger partial charge on any atom is 0.320 e. The summed E-state index contributed by atoms with van der Waals surface area (Å²) in [6.07, 6.45) is 1.25. The standard InChI is InChI=1S/C15H24N4O4/c1-5-11(20)19-8-15(23-9-19)6-18(7-15)14(22)17(4)12(10(2)3)13(16)21/h5,10,12H,1,6-9H2,2-4H3,(H2,16,21)/t12-/m0/s1. The SMILES string of the molecule is C=CC(=O)N1COC2(C1)CN(C(=O)N(C)[C@H](C(N)=O)C(C)C)C2. The topological polar surface area (TPSA) is 96.2 Å². The highest BCUT2D eigenvalue weighted by Gasteiger charge is 2.52. The van der Waals surface area contributed by atoms with E-state index in [0.717, 1.165) is 0 Å². The van der Waals surface area contributed by atoms with Crippen molar-refractivity contribution in [3.05, 3.63) is 12.7 Å². The fourth-order valence-electron chi connectivity index (χ4n) is 3.21. The van der Waals surface area contributed by atoms with Crippen molar-refractivity contribution < 1.29 is 19.1 Å². The van der Waals surface area contributed by atoms with E-state index < -0.39 is 17.6 Å². The molecule has 2 aliphatic rings. The van der Waals surface area contributed by atoms with E-state index in [1.165, 1.54) is 11.0 Å². The van der Waals surface area contributed by atoms with Gasteiger partial charge in [0, 0.05) is 7.05 Å². The second-order valence-electron chi connectivity index (χ2n) is 6.54. The Labute approximate surface area is 135 Å². The number of hydrogen-bond donors (Lipinski definition) is 1. The predicted octanol–water partition coefficient (Wildman–Crippen LogP) is -0.395. The zero-order valence-corrected chi connectivity index (χ0v) is 13.8. The molecular weight excluding hydrogens is 300 g/mol. The van der Waals surface area contributed by atoms with E-state index in [-0.39, 0.29) is 24.6 Å². The van der Waals surface area contributed by atoms with Gasteiger partial charge in [-0.3, -0.25) is 9.59 Å². The number of likely N-dealkylation sites (tertiary alicyclic amines) is 1. The van der Waals surface area contributed by atoms with Crippen LogP contribution in [0.5, 0.6) is 0 Å². The van der Waals surface area contributed by atoms with Crippen molar-refractivity contribution in [3.63, 3.8) is 0 Å². The molecule has 23 heavy (non-hydrogen) atoms. The Kier molecular flexibility index (Phi) is 4.65. The highest BCUT2D eigenvalue weighted by molar-refractivity contribution is 5.88. The summed E-state index contributed by atoms with van der Waals surface area (Å²) in [7, 11) is 1.58. The number of nitrogens with two attached hydrogens (primary N) is 1. The number of ether oxygens (including phenoxy) is 1. The summed E-state index contributed by atoms with van der Waals surface area (Å²) in [6.45, 7) is 8.56. The minimum absolute atomic E-state index is 0.0693. The van der Waals surface area contributed by atoms with Crippen molar-refractivity contribution >= 4 is 17.8 Å². The maximum absolute atomic E-state index is 12.5. The number of primary amides is 1. The first-order valence-corrected chi connectivity index (χ1v) is 7.57. The number of hydrogen-bond acceptors (Lipinski definition) is 4. The second-order valence-corrected chi connectivity index (χ2v) is 6.54. The van der Waals surface area contributed by atoms with Gasteiger partial charge in [0.1, 0.15) is 18.4 Å². The Morgan fingerprint density at radius 1 is 1.26 bits per heavy atom. The summed E-state index contributed by atoms with van der Waals surface area (Å²) >= 11 is 0. The van der Waals surface area contributed by atoms with Crippen LogP contribution in [-0.4, -0.2) is 77.6 Å². The molecule has 2 saturated heterocycles. The Bertz CT molecular complexity index is 528. The van der Waals surface area contributed by atoms with E-state index in [4.69, 9.17) is 10.5 Å². The van der Waals surface area contributed by atoms with Gasteiger partial charge in [0.2, 0.25) is 11.8 Å². The molecule has 1 spiro atoms. The Morgan fingerprint density at radius 3 is 2.30 bits per heavy atom. The van der Waals surface area contributed by atoms with Gasteiger partial charge in [-0.25, -0.2) is 4.79 Å². The first-order valence-electron chi connectivity index (χ1n) is 7.57. The second kappa shape index (κ2) is 6.19. The fourth-order valence-corrected chi connectivity index (χ4v) is 3.21. The number of amides is 4. The zero-order valence-electron chi connectivity index (χ0n) is 13.8. The van der Waals surface area contributed by atoms with E-state index in [2.05, 4.69) is 6.58 Å². The molecule has 2 heterocycles. The molecule has 0 aromatic heterocycles. The lowest BCUT2D eigenvalue weighted by molar-refractivity contribution is -0.126. The smallest absolute Gasteiger partial charge is 0.320 e. The lowest BCUT2D eigenvalue weighted by Crippen LogP contribution is -2.68. The van der Waals surface area contributed by atoms with Crippen LogP contribution in [0.15, 0.2) is 12.7 Å². The van der Waals surface area contributed by atoms with Gasteiger partial charge in [0.25, 0.3) is 0 Å². The molecule has 0 unspecified atom stereocenters. The lowest BCUT2D eigenvalue weighted by atomic mass is 9.94. The molecule has 1 atom stereocenters. The number of carbonyl (C=O) groups excluding carboxylic acids is 3. The largest absolute Gasteiger partial charge is 0.368 e. The van der Waals surface area contributed by atoms with Gasteiger partial charge in [-0.1, -0.05) is 20.4 Å². The zero-order chi connectivity index (χ0) is 17.4. The number of carbonyl (C=O) groups is 3. The number of likely N-dealkylation sites (N-methyl/N-ethyl adjacent to an activating group) is 1. The first-order chi connectivity index (χ1) is 10.7. The van der Waals surface area contributed by atoms with Gasteiger partial charge in [-0.05, 0) is 12.0 Å². The Balaban J connectivity index is 1.94. The van der Waals surface area contributed by atoms with Crippen LogP contribution in [0.3, 0.4) is 0 Å². The van der Waals surface area contributed by atoms with Crippen molar-refractivity contribution in [2.24, 2.45) is 11.7 Å². The minimum Gasteiger partial charge on any atom is -0.368 e. The van der Waals surface area contributed by atoms with Crippen molar-refractivity contribution in [2.45, 2.75) is 25.5 Å². The molecule has 4 amide bonds. The van der Waals surface area contributed by atoms with Gasteiger partial charge < -0.3 is 25.2 Å². The molecule has 2 fully saturated rings. The van der Waals surface area contributed by atoms with E-state index in [1.807, 2.05) is 13.8 Å². The summed E-state index contributed by atoms with van der Waals surface area (Å²) in [5.74, 6) is -0.775. The maximum atomic E-state index is 12.5. The summed E-state index contributed by atoms with van der Waals surface area (Å²) in [6, 6.07) is -0.910. The molecule has 0 bridgehead atoms. The summed E-state index contributed by atoms with van der Waals surface area (Å²) in [4.78, 5) is 40.1. The molecule has 128 valence electrons. The average Bonchev–Trinajstić information content (AvgIpc) is 2.88. The predicted molar refractivity (Wildman–Crippen MR) is 83.1 cm³/mol. The van der Waals surface area contributed by atoms with Gasteiger partial charge in [-0.2, -0.15) is 0 Å². The van der Waals surface area contributed by atoms with E-state index >= 15 is 0 Å². The third kappa shape index (κ3) is 3.17. The molecule has 0 aromatic rings. The van der Waals surface area contributed by atoms with Crippen LogP contribution in [0.4, 0.5) is 4.79 Å². The number of rotatable bonds is 4. The third-order valence-electron chi connectivity index (χ3n) is 4.36. The molecule has 2 N–H and O–H groups in total. The molecule has 8 heteroatoms. The highest BCUT2D eigenvalue weighted by atomic mass is 16.5. The van der Waals surface area contributed by atoms with Gasteiger partial charge in [0.15, 0.2) is 0 Å². The third-order valence-corrected chi connectivity index (χ3v) is 4.36. The summed E-state index contributed by atoms with van der Waals surface area (Å²) in [5.41, 5.74) is 4.88. The first kappa shape index (κ1) is 17.3. The van der Waals surface area contributed by atoms with Crippen LogP contribution in [0.25, 0.3) is 0 Å². The van der Waals surface area contributed by atoms with Crippen molar-refractivity contribution in [1.29, 1.82) is 0 Å². The quantitative estimate of drug-likeness (QED) is 0.712. The monoisotopic (exact) mass is 324 g/mol. The lowest BCUT2D eigenvalue weighted by Gasteiger charge is -2.48. The number of urea groups is 1. The van der Waals surface area contributed by atoms with E-state index in [1.54, 1.807) is 16.8 Å². The van der Waals surface area contributed by atoms with Crippen LogP contribution in [0.2, 0.25) is 0 Å². The number of nitrogens with zero attached hydrogens (tertiary/aromatic N) is 3. The highest BCUT2D eigenvalue weighted by Crippen LogP contribution is 2.32. The summed E-state index contributed by atoms with van der Waals surface area (Å²) < 4.78 is 5.68. The fraction of sp³-hybridized carbons (Fsp3) is 0.667. The van der Waals surface area contributed by atoms with Gasteiger partial charge >= 0.3 is 6.03 Å². The Hall–Kier alpha value is -2.09. The van der Waals surface area contributed by atoms with Crippen molar-refractivity contribution in [2.75, 3.05) is 33.4 Å². The van der Waals surface area contributed by atoms with Crippen molar-refractivity contribution in [3.8, 4) is 0 Å². The summed E-state index contributed by atoms with van der Waals surface area (Å²) in [5, 5.41) is 0. The van der Waals surface area contributed by atoms with Crippen LogP contribution in [0, 0.1) is 5.92 Å². The van der Waals surface area contributed by atoms with E-state index in [9.17, 15) is 14.4 Å². The minimum atomic E-state index is -0.651. The average molecular weight is 324 g/mol. The Morgan fingerprint density at radius 2 is 1.83 bits per heavy atom. The molecule has 8 nitrogen and oxygen atoms in total. The van der Waals surface area contributed by atoms with E-state index in [0.29, 0.717) is 19.6 Å². The molecule has 2 rings (SSSR count). The molecule has 0 aromatic carbocycles. The van der Waals surface area contributed by atoms with Crippen LogP contribution in [-0.2, 0) is 14.3 Å². The normalized spacial score (nSPS) is 20.3. The van der Waals surface area contributed by atoms with Gasteiger partial charge in [-0.15, -0.1) is 0 Å². The molecule has 0 saturated carbocycles. The molecule has 0 radical (unpaired) electrons. The van der Waals surface area contributed by atoms with Crippen LogP contribution in [0.1, 0.15) is 13.8 Å². The molecule has 2 aliphatic heterocycles. The van der Waals surface area contributed by atoms with Crippen LogP contribution < -0.4 is 5.73 Å². The van der Waals surface area contributed by atoms with Gasteiger partial charge in [0.05, 0.1) is 19.6 Å². The molecule has 0 aliphatic carbocycles. The van der Waals surface area contributed by atoms with Crippen molar-refractivity contribution in [1.82, 2.24) is 14.7 Å². The molecular formula is C15H24N4O4.